The van der Waals surface area contributed by atoms with Crippen LogP contribution in [0, 0.1) is 0 Å². The highest BCUT2D eigenvalue weighted by Gasteiger charge is 2.13. The number of methoxy groups -OCH3 is 1. The van der Waals surface area contributed by atoms with Crippen LogP contribution < -0.4 is 16.2 Å². The van der Waals surface area contributed by atoms with Crippen molar-refractivity contribution in [3.63, 3.8) is 0 Å². The second kappa shape index (κ2) is 5.37. The number of carbonyl (C=O) groups excluding carboxylic acids is 1. The second-order valence-corrected chi connectivity index (χ2v) is 4.89. The van der Waals surface area contributed by atoms with Crippen LogP contribution in [0.4, 0.5) is 5.69 Å². The maximum Gasteiger partial charge on any atom is 0.249 e. The summed E-state index contributed by atoms with van der Waals surface area (Å²) < 4.78 is 5.22. The third-order valence-electron chi connectivity index (χ3n) is 3.52. The van der Waals surface area contributed by atoms with E-state index in [1.54, 1.807) is 31.4 Å². The molecule has 3 aromatic rings. The molecule has 1 heterocycles. The molecule has 4 N–H and O–H groups in total. The zero-order valence-electron chi connectivity index (χ0n) is 12.0. The van der Waals surface area contributed by atoms with E-state index < -0.39 is 5.91 Å². The quantitative estimate of drug-likeness (QED) is 0.726. The number of amides is 1. The molecule has 5 nitrogen and oxygen atoms in total. The van der Waals surface area contributed by atoms with E-state index in [0.717, 1.165) is 5.39 Å². The number of nitrogens with two attached hydrogens (primary N) is 2. The van der Waals surface area contributed by atoms with Crippen LogP contribution in [0.5, 0.6) is 5.75 Å². The summed E-state index contributed by atoms with van der Waals surface area (Å²) in [4.78, 5) is 16.2. The van der Waals surface area contributed by atoms with Gasteiger partial charge in [0.25, 0.3) is 0 Å². The van der Waals surface area contributed by atoms with Crippen LogP contribution >= 0.6 is 0 Å². The molecule has 0 atom stereocenters. The highest BCUT2D eigenvalue weighted by molar-refractivity contribution is 6.00. The minimum Gasteiger partial charge on any atom is -0.497 e. The smallest absolute Gasteiger partial charge is 0.249 e. The van der Waals surface area contributed by atoms with Crippen molar-refractivity contribution >= 4 is 22.5 Å². The van der Waals surface area contributed by atoms with Crippen LogP contribution in [0.2, 0.25) is 0 Å². The summed E-state index contributed by atoms with van der Waals surface area (Å²) in [6.07, 6.45) is 0. The molecule has 2 aromatic carbocycles. The Morgan fingerprint density at radius 1 is 1.14 bits per heavy atom. The van der Waals surface area contributed by atoms with Gasteiger partial charge in [0.1, 0.15) is 5.75 Å². The van der Waals surface area contributed by atoms with Crippen molar-refractivity contribution in [1.82, 2.24) is 4.98 Å². The molecular formula is C17H15N3O2. The molecule has 0 saturated carbocycles. The van der Waals surface area contributed by atoms with E-state index in [1.165, 1.54) is 0 Å². The largest absolute Gasteiger partial charge is 0.497 e. The number of para-hydroxylation sites is 1. The van der Waals surface area contributed by atoms with Gasteiger partial charge in [-0.05, 0) is 30.3 Å². The van der Waals surface area contributed by atoms with E-state index in [9.17, 15) is 4.79 Å². The number of anilines is 1. The third kappa shape index (κ3) is 2.33. The van der Waals surface area contributed by atoms with Crippen LogP contribution in [0.15, 0.2) is 48.5 Å². The molecule has 110 valence electrons. The van der Waals surface area contributed by atoms with E-state index in [4.69, 9.17) is 16.2 Å². The molecule has 5 heteroatoms. The van der Waals surface area contributed by atoms with Gasteiger partial charge in [0, 0.05) is 16.5 Å². The number of carbonyl (C=O) groups is 1. The van der Waals surface area contributed by atoms with Crippen LogP contribution in [0.3, 0.4) is 0 Å². The van der Waals surface area contributed by atoms with Gasteiger partial charge < -0.3 is 16.2 Å². The van der Waals surface area contributed by atoms with Gasteiger partial charge in [-0.25, -0.2) is 4.98 Å². The van der Waals surface area contributed by atoms with Gasteiger partial charge in [-0.15, -0.1) is 0 Å². The van der Waals surface area contributed by atoms with Crippen molar-refractivity contribution in [3.8, 4) is 17.0 Å². The van der Waals surface area contributed by atoms with Crippen molar-refractivity contribution in [2.75, 3.05) is 12.8 Å². The summed E-state index contributed by atoms with van der Waals surface area (Å²) in [6, 6.07) is 14.4. The van der Waals surface area contributed by atoms with Gasteiger partial charge in [0.15, 0.2) is 0 Å². The molecule has 0 aliphatic rings. The maximum absolute atomic E-state index is 11.7. The zero-order valence-corrected chi connectivity index (χ0v) is 12.0. The van der Waals surface area contributed by atoms with Gasteiger partial charge in [0.2, 0.25) is 5.91 Å². The summed E-state index contributed by atoms with van der Waals surface area (Å²) >= 11 is 0. The van der Waals surface area contributed by atoms with Gasteiger partial charge in [0.05, 0.1) is 24.0 Å². The summed E-state index contributed by atoms with van der Waals surface area (Å²) in [6.45, 7) is 0. The normalized spacial score (nSPS) is 10.6. The Kier molecular flexibility index (Phi) is 3.39. The fraction of sp³-hybridized carbons (Fsp3) is 0.0588. The molecule has 0 aliphatic heterocycles. The number of hydrogen-bond donors (Lipinski definition) is 2. The first-order valence-corrected chi connectivity index (χ1v) is 6.73. The van der Waals surface area contributed by atoms with Crippen molar-refractivity contribution in [2.45, 2.75) is 0 Å². The summed E-state index contributed by atoms with van der Waals surface area (Å²) in [5.41, 5.74) is 14.3. The fourth-order valence-corrected chi connectivity index (χ4v) is 2.40. The zero-order chi connectivity index (χ0) is 15.7. The topological polar surface area (TPSA) is 91.2 Å². The molecule has 0 unspecified atom stereocenters. The molecule has 0 radical (unpaired) electrons. The minimum atomic E-state index is -0.513. The van der Waals surface area contributed by atoms with E-state index >= 15 is 0 Å². The Morgan fingerprint density at radius 2 is 1.95 bits per heavy atom. The number of nitrogen functional groups attached to an aromatic ring is 1. The lowest BCUT2D eigenvalue weighted by molar-refractivity contribution is 0.100. The number of benzene rings is 2. The molecular weight excluding hydrogens is 278 g/mol. The van der Waals surface area contributed by atoms with Gasteiger partial charge >= 0.3 is 0 Å². The number of rotatable bonds is 3. The molecule has 1 aromatic heterocycles. The SMILES string of the molecule is COc1ccc(C(N)=O)c(-c2ccc3cccc(N)c3n2)c1. The molecule has 0 saturated heterocycles. The van der Waals surface area contributed by atoms with Crippen molar-refractivity contribution in [3.05, 3.63) is 54.1 Å². The molecule has 0 fully saturated rings. The Bertz CT molecular complexity index is 875. The lowest BCUT2D eigenvalue weighted by Crippen LogP contribution is -2.12. The first-order chi connectivity index (χ1) is 10.6. The van der Waals surface area contributed by atoms with Crippen molar-refractivity contribution < 1.29 is 9.53 Å². The number of pyridine rings is 1. The van der Waals surface area contributed by atoms with E-state index in [2.05, 4.69) is 4.98 Å². The molecule has 22 heavy (non-hydrogen) atoms. The van der Waals surface area contributed by atoms with Crippen molar-refractivity contribution in [1.29, 1.82) is 0 Å². The number of ether oxygens (including phenoxy) is 1. The number of hydrogen-bond acceptors (Lipinski definition) is 4. The van der Waals surface area contributed by atoms with E-state index in [0.29, 0.717) is 33.8 Å². The fourth-order valence-electron chi connectivity index (χ4n) is 2.40. The predicted octanol–water partition coefficient (Wildman–Crippen LogP) is 2.59. The highest BCUT2D eigenvalue weighted by Crippen LogP contribution is 2.29. The van der Waals surface area contributed by atoms with Crippen LogP contribution in [0.1, 0.15) is 10.4 Å². The number of aromatic nitrogens is 1. The first kappa shape index (κ1) is 13.9. The van der Waals surface area contributed by atoms with Crippen LogP contribution in [-0.4, -0.2) is 18.0 Å². The Balaban J connectivity index is 2.26. The lowest BCUT2D eigenvalue weighted by Gasteiger charge is -2.10. The first-order valence-electron chi connectivity index (χ1n) is 6.73. The Labute approximate surface area is 127 Å². The monoisotopic (exact) mass is 293 g/mol. The average Bonchev–Trinajstić information content (AvgIpc) is 2.54. The summed E-state index contributed by atoms with van der Waals surface area (Å²) in [5.74, 6) is 0.114. The standard InChI is InChI=1S/C17H15N3O2/c1-22-11-6-7-12(17(19)21)13(9-11)15-8-5-10-3-2-4-14(18)16(10)20-15/h2-9H,18H2,1H3,(H2,19,21). The number of nitrogens with zero attached hydrogens (tertiary/aromatic N) is 1. The highest BCUT2D eigenvalue weighted by atomic mass is 16.5. The van der Waals surface area contributed by atoms with Gasteiger partial charge in [-0.1, -0.05) is 18.2 Å². The Hall–Kier alpha value is -3.08. The van der Waals surface area contributed by atoms with Gasteiger partial charge in [-0.2, -0.15) is 0 Å². The van der Waals surface area contributed by atoms with Crippen LogP contribution in [-0.2, 0) is 0 Å². The van der Waals surface area contributed by atoms with Crippen LogP contribution in [0.25, 0.3) is 22.2 Å². The van der Waals surface area contributed by atoms with E-state index in [1.807, 2.05) is 24.3 Å². The molecule has 0 bridgehead atoms. The summed E-state index contributed by atoms with van der Waals surface area (Å²) in [5, 5.41) is 0.937. The molecule has 3 rings (SSSR count). The predicted molar refractivity (Wildman–Crippen MR) is 86.7 cm³/mol. The minimum absolute atomic E-state index is 0.391. The second-order valence-electron chi connectivity index (χ2n) is 4.89. The van der Waals surface area contributed by atoms with Gasteiger partial charge in [-0.3, -0.25) is 4.79 Å². The maximum atomic E-state index is 11.7. The summed E-state index contributed by atoms with van der Waals surface area (Å²) in [7, 11) is 1.56. The third-order valence-corrected chi connectivity index (χ3v) is 3.52. The molecule has 1 amide bonds. The molecule has 0 aliphatic carbocycles. The Morgan fingerprint density at radius 3 is 2.68 bits per heavy atom. The number of primary amides is 1. The van der Waals surface area contributed by atoms with E-state index in [-0.39, 0.29) is 0 Å². The molecule has 0 spiro atoms. The average molecular weight is 293 g/mol. The van der Waals surface area contributed by atoms with Crippen molar-refractivity contribution in [2.24, 2.45) is 5.73 Å². The lowest BCUT2D eigenvalue weighted by atomic mass is 10.0. The number of fused-ring (bicyclic) bond motifs is 1.